The molecule has 9 heteroatoms. The topological polar surface area (TPSA) is 111 Å². The highest BCUT2D eigenvalue weighted by Gasteiger charge is 2.51. The first-order valence-corrected chi connectivity index (χ1v) is 10.6. The Labute approximate surface area is 181 Å². The number of carbonyl (C=O) groups is 4. The van der Waals surface area contributed by atoms with Crippen molar-refractivity contribution in [3.63, 3.8) is 0 Å². The van der Waals surface area contributed by atoms with Crippen molar-refractivity contribution in [3.8, 4) is 0 Å². The van der Waals surface area contributed by atoms with Crippen LogP contribution < -0.4 is 5.32 Å². The molecule has 0 spiro atoms. The Kier molecular flexibility index (Phi) is 6.62. The molecular weight excluding hydrogens is 400 g/mol. The van der Waals surface area contributed by atoms with Crippen LogP contribution in [0.25, 0.3) is 0 Å². The lowest BCUT2D eigenvalue weighted by Gasteiger charge is -2.26. The van der Waals surface area contributed by atoms with Gasteiger partial charge in [0.05, 0.1) is 28.9 Å². The van der Waals surface area contributed by atoms with Crippen LogP contribution in [-0.4, -0.2) is 51.0 Å². The Morgan fingerprint density at radius 3 is 2.23 bits per heavy atom. The summed E-state index contributed by atoms with van der Waals surface area (Å²) < 4.78 is 6.90. The number of likely N-dealkylation sites (tertiary alicyclic amines) is 1. The van der Waals surface area contributed by atoms with E-state index in [4.69, 9.17) is 4.74 Å². The summed E-state index contributed by atoms with van der Waals surface area (Å²) in [6.07, 6.45) is 5.09. The van der Waals surface area contributed by atoms with Crippen LogP contribution >= 0.6 is 0 Å². The number of esters is 1. The second-order valence-electron chi connectivity index (χ2n) is 8.67. The van der Waals surface area contributed by atoms with E-state index >= 15 is 0 Å². The van der Waals surface area contributed by atoms with Crippen LogP contribution in [0.4, 0.5) is 5.69 Å². The number of aromatic nitrogens is 2. The minimum absolute atomic E-state index is 0.0495. The van der Waals surface area contributed by atoms with Gasteiger partial charge in [-0.2, -0.15) is 5.10 Å². The Hall–Kier alpha value is -2.97. The Bertz CT molecular complexity index is 907. The zero-order chi connectivity index (χ0) is 22.9. The van der Waals surface area contributed by atoms with E-state index in [9.17, 15) is 19.2 Å². The largest absolute Gasteiger partial charge is 0.454 e. The number of fused-ring (bicyclic) bond motifs is 1. The molecule has 3 rings (SSSR count). The highest BCUT2D eigenvalue weighted by Crippen LogP contribution is 2.37. The molecule has 3 amide bonds. The number of nitrogens with zero attached hydrogens (tertiary/aromatic N) is 3. The van der Waals surface area contributed by atoms with E-state index in [0.29, 0.717) is 24.2 Å². The van der Waals surface area contributed by atoms with Gasteiger partial charge >= 0.3 is 5.97 Å². The number of amides is 3. The van der Waals surface area contributed by atoms with Gasteiger partial charge in [0, 0.05) is 7.05 Å². The van der Waals surface area contributed by atoms with E-state index in [1.54, 1.807) is 18.7 Å². The van der Waals surface area contributed by atoms with Gasteiger partial charge in [0.25, 0.3) is 5.91 Å². The molecule has 3 atom stereocenters. The third-order valence-corrected chi connectivity index (χ3v) is 5.94. The number of hydrogen-bond donors (Lipinski definition) is 1. The van der Waals surface area contributed by atoms with Crippen molar-refractivity contribution < 1.29 is 23.9 Å². The molecule has 0 radical (unpaired) electrons. The molecule has 3 unspecified atom stereocenters. The van der Waals surface area contributed by atoms with Gasteiger partial charge in [-0.15, -0.1) is 0 Å². The first-order valence-electron chi connectivity index (χ1n) is 10.6. The molecule has 0 aromatic carbocycles. The Balaban J connectivity index is 1.68. The fourth-order valence-corrected chi connectivity index (χ4v) is 4.25. The van der Waals surface area contributed by atoms with Crippen LogP contribution in [0.5, 0.6) is 0 Å². The maximum atomic E-state index is 12.9. The predicted molar refractivity (Wildman–Crippen MR) is 113 cm³/mol. The first-order chi connectivity index (χ1) is 14.6. The summed E-state index contributed by atoms with van der Waals surface area (Å²) in [7, 11) is 1.77. The fourth-order valence-electron chi connectivity index (χ4n) is 4.25. The van der Waals surface area contributed by atoms with Crippen molar-refractivity contribution in [3.05, 3.63) is 23.5 Å². The van der Waals surface area contributed by atoms with E-state index in [0.717, 1.165) is 10.6 Å². The predicted octanol–water partition coefficient (Wildman–Crippen LogP) is 1.88. The normalized spacial score (nSPS) is 21.4. The average Bonchev–Trinajstić information content (AvgIpc) is 3.11. The van der Waals surface area contributed by atoms with E-state index in [2.05, 4.69) is 10.4 Å². The zero-order valence-electron chi connectivity index (χ0n) is 18.7. The molecule has 1 saturated heterocycles. The highest BCUT2D eigenvalue weighted by atomic mass is 16.5. The number of carbonyl (C=O) groups excluding carboxylic acids is 4. The quantitative estimate of drug-likeness (QED) is 0.402. The lowest BCUT2D eigenvalue weighted by atomic mass is 9.85. The maximum absolute atomic E-state index is 12.9. The van der Waals surface area contributed by atoms with Crippen LogP contribution in [-0.2, 0) is 31.0 Å². The summed E-state index contributed by atoms with van der Waals surface area (Å²) >= 11 is 0. The lowest BCUT2D eigenvalue weighted by Crippen LogP contribution is -2.47. The van der Waals surface area contributed by atoms with Gasteiger partial charge in [-0.1, -0.05) is 26.0 Å². The third-order valence-electron chi connectivity index (χ3n) is 5.94. The second kappa shape index (κ2) is 9.03. The molecule has 1 aliphatic heterocycles. The number of nitrogens with one attached hydrogen (secondary N) is 1. The van der Waals surface area contributed by atoms with Crippen LogP contribution in [0, 0.1) is 31.6 Å². The zero-order valence-corrected chi connectivity index (χ0v) is 18.7. The van der Waals surface area contributed by atoms with Gasteiger partial charge in [0.1, 0.15) is 6.04 Å². The molecule has 2 aliphatic rings. The Morgan fingerprint density at radius 2 is 1.74 bits per heavy atom. The molecule has 0 saturated carbocycles. The van der Waals surface area contributed by atoms with E-state index < -0.39 is 36.4 Å². The minimum atomic E-state index is -1.03. The number of aryl methyl sites for hydroxylation is 2. The molecule has 1 fully saturated rings. The monoisotopic (exact) mass is 430 g/mol. The Morgan fingerprint density at radius 1 is 1.16 bits per heavy atom. The van der Waals surface area contributed by atoms with Crippen LogP contribution in [0.3, 0.4) is 0 Å². The van der Waals surface area contributed by atoms with Gasteiger partial charge in [0.2, 0.25) is 11.8 Å². The van der Waals surface area contributed by atoms with Gasteiger partial charge in [0.15, 0.2) is 6.61 Å². The highest BCUT2D eigenvalue weighted by molar-refractivity contribution is 6.08. The van der Waals surface area contributed by atoms with Crippen molar-refractivity contribution in [2.75, 3.05) is 11.9 Å². The van der Waals surface area contributed by atoms with Gasteiger partial charge in [-0.05, 0) is 39.0 Å². The smallest absolute Gasteiger partial charge is 0.329 e. The van der Waals surface area contributed by atoms with Crippen molar-refractivity contribution in [2.45, 2.75) is 53.0 Å². The number of anilines is 1. The number of rotatable bonds is 7. The van der Waals surface area contributed by atoms with Crippen molar-refractivity contribution in [1.29, 1.82) is 0 Å². The third kappa shape index (κ3) is 4.55. The van der Waals surface area contributed by atoms with Crippen molar-refractivity contribution in [2.24, 2.45) is 24.8 Å². The number of hydrogen-bond acceptors (Lipinski definition) is 6. The molecular formula is C22H30N4O5. The number of ether oxygens (including phenoxy) is 1. The maximum Gasteiger partial charge on any atom is 0.329 e. The molecule has 1 aromatic rings. The molecule has 2 heterocycles. The standard InChI is InChI=1S/C22H30N4O5/c1-12(2)10-17(26-20(28)15-8-6-7-9-16(15)21(26)29)22(30)31-11-18(27)23-19-13(3)24-25(5)14(19)4/h6-7,12,15-17H,8-11H2,1-5H3,(H,23,27). The summed E-state index contributed by atoms with van der Waals surface area (Å²) in [4.78, 5) is 52.1. The molecule has 168 valence electrons. The summed E-state index contributed by atoms with van der Waals surface area (Å²) in [5, 5.41) is 6.94. The number of allylic oxidation sites excluding steroid dienone is 2. The molecule has 1 aliphatic carbocycles. The molecule has 1 N–H and O–H groups in total. The van der Waals surface area contributed by atoms with Gasteiger partial charge in [-0.25, -0.2) is 4.79 Å². The summed E-state index contributed by atoms with van der Waals surface area (Å²) in [6.45, 7) is 6.89. The summed E-state index contributed by atoms with van der Waals surface area (Å²) in [6, 6.07) is -1.03. The van der Waals surface area contributed by atoms with E-state index in [-0.39, 0.29) is 24.2 Å². The second-order valence-corrected chi connectivity index (χ2v) is 8.67. The van der Waals surface area contributed by atoms with Crippen molar-refractivity contribution in [1.82, 2.24) is 14.7 Å². The first kappa shape index (κ1) is 22.7. The molecule has 9 nitrogen and oxygen atoms in total. The van der Waals surface area contributed by atoms with Crippen LogP contribution in [0.2, 0.25) is 0 Å². The van der Waals surface area contributed by atoms with Gasteiger partial charge < -0.3 is 10.1 Å². The number of imide groups is 1. The fraction of sp³-hybridized carbons (Fsp3) is 0.591. The lowest BCUT2D eigenvalue weighted by molar-refractivity contribution is -0.160. The summed E-state index contributed by atoms with van der Waals surface area (Å²) in [5.74, 6) is -2.68. The minimum Gasteiger partial charge on any atom is -0.454 e. The SMILES string of the molecule is Cc1nn(C)c(C)c1NC(=O)COC(=O)C(CC(C)C)N1C(=O)C2CC=CCC2C1=O. The average molecular weight is 431 g/mol. The van der Waals surface area contributed by atoms with Gasteiger partial charge in [-0.3, -0.25) is 24.0 Å². The van der Waals surface area contributed by atoms with Crippen LogP contribution in [0.1, 0.15) is 44.5 Å². The van der Waals surface area contributed by atoms with E-state index in [1.165, 1.54) is 0 Å². The van der Waals surface area contributed by atoms with Crippen molar-refractivity contribution >= 4 is 29.4 Å². The van der Waals surface area contributed by atoms with Crippen LogP contribution in [0.15, 0.2) is 12.2 Å². The summed E-state index contributed by atoms with van der Waals surface area (Å²) in [5.41, 5.74) is 2.00. The molecule has 31 heavy (non-hydrogen) atoms. The molecule has 0 bridgehead atoms. The van der Waals surface area contributed by atoms with E-state index in [1.807, 2.05) is 32.9 Å². The molecule has 1 aromatic heterocycles.